The van der Waals surface area contributed by atoms with Gasteiger partial charge >= 0.3 is 0 Å². The molecule has 1 N–H and O–H groups in total. The van der Waals surface area contributed by atoms with Gasteiger partial charge in [0.1, 0.15) is 11.6 Å². The Hall–Kier alpha value is -2.41. The monoisotopic (exact) mass is 264 g/mol. The SMILES string of the molecule is CCNc1cc(-c2cccc(C#N)c2)nc(C2CC2)n1. The van der Waals surface area contributed by atoms with Crippen LogP contribution in [0.1, 0.15) is 37.1 Å². The van der Waals surface area contributed by atoms with Gasteiger partial charge in [-0.2, -0.15) is 5.26 Å². The Kier molecular flexibility index (Phi) is 3.34. The second-order valence-corrected chi connectivity index (χ2v) is 4.99. The third-order valence-corrected chi connectivity index (χ3v) is 3.33. The van der Waals surface area contributed by atoms with Crippen LogP contribution >= 0.6 is 0 Å². The molecule has 1 saturated carbocycles. The van der Waals surface area contributed by atoms with Crippen molar-refractivity contribution in [3.63, 3.8) is 0 Å². The van der Waals surface area contributed by atoms with Crippen molar-refractivity contribution in [2.45, 2.75) is 25.7 Å². The van der Waals surface area contributed by atoms with Crippen LogP contribution in [0.25, 0.3) is 11.3 Å². The van der Waals surface area contributed by atoms with Gasteiger partial charge < -0.3 is 5.32 Å². The Morgan fingerprint density at radius 3 is 2.85 bits per heavy atom. The molecule has 0 unspecified atom stereocenters. The average Bonchev–Trinajstić information content (AvgIpc) is 3.32. The van der Waals surface area contributed by atoms with Crippen LogP contribution in [0, 0.1) is 11.3 Å². The third-order valence-electron chi connectivity index (χ3n) is 3.33. The molecule has 0 radical (unpaired) electrons. The van der Waals surface area contributed by atoms with Gasteiger partial charge in [-0.25, -0.2) is 9.97 Å². The molecule has 1 aliphatic rings. The molecule has 3 rings (SSSR count). The molecule has 0 amide bonds. The molecule has 0 spiro atoms. The van der Waals surface area contributed by atoms with Gasteiger partial charge in [-0.15, -0.1) is 0 Å². The molecule has 4 heteroatoms. The second-order valence-electron chi connectivity index (χ2n) is 4.99. The van der Waals surface area contributed by atoms with Gasteiger partial charge in [-0.1, -0.05) is 12.1 Å². The van der Waals surface area contributed by atoms with Crippen molar-refractivity contribution in [2.75, 3.05) is 11.9 Å². The van der Waals surface area contributed by atoms with E-state index in [4.69, 9.17) is 5.26 Å². The molecule has 100 valence electrons. The first-order chi connectivity index (χ1) is 9.80. The number of hydrogen-bond donors (Lipinski definition) is 1. The molecule has 0 saturated heterocycles. The van der Waals surface area contributed by atoms with Crippen LogP contribution in [0.3, 0.4) is 0 Å². The van der Waals surface area contributed by atoms with Gasteiger partial charge in [0.15, 0.2) is 0 Å². The van der Waals surface area contributed by atoms with Crippen molar-refractivity contribution in [3.05, 3.63) is 41.7 Å². The van der Waals surface area contributed by atoms with Crippen LogP contribution in [0.5, 0.6) is 0 Å². The summed E-state index contributed by atoms with van der Waals surface area (Å²) in [5.74, 6) is 2.29. The molecule has 1 heterocycles. The highest BCUT2D eigenvalue weighted by molar-refractivity contribution is 5.64. The Bertz CT molecular complexity index is 668. The van der Waals surface area contributed by atoms with Crippen molar-refractivity contribution in [1.29, 1.82) is 5.26 Å². The van der Waals surface area contributed by atoms with E-state index >= 15 is 0 Å². The number of hydrogen-bond acceptors (Lipinski definition) is 4. The molecule has 1 aromatic carbocycles. The first kappa shape index (κ1) is 12.6. The lowest BCUT2D eigenvalue weighted by Gasteiger charge is -2.09. The van der Waals surface area contributed by atoms with Crippen LogP contribution in [0.2, 0.25) is 0 Å². The summed E-state index contributed by atoms with van der Waals surface area (Å²) in [7, 11) is 0. The van der Waals surface area contributed by atoms with E-state index in [0.29, 0.717) is 11.5 Å². The van der Waals surface area contributed by atoms with E-state index in [1.807, 2.05) is 24.3 Å². The average molecular weight is 264 g/mol. The zero-order valence-corrected chi connectivity index (χ0v) is 11.4. The highest BCUT2D eigenvalue weighted by Gasteiger charge is 2.27. The molecule has 1 aromatic heterocycles. The number of nitriles is 1. The molecule has 0 bridgehead atoms. The highest BCUT2D eigenvalue weighted by Crippen LogP contribution is 2.39. The van der Waals surface area contributed by atoms with E-state index in [9.17, 15) is 0 Å². The minimum atomic E-state index is 0.506. The molecule has 1 aliphatic carbocycles. The van der Waals surface area contributed by atoms with Gasteiger partial charge in [0, 0.05) is 24.1 Å². The van der Waals surface area contributed by atoms with Crippen molar-refractivity contribution in [3.8, 4) is 17.3 Å². The first-order valence-electron chi connectivity index (χ1n) is 6.93. The molecule has 1 fully saturated rings. The number of nitrogens with zero attached hydrogens (tertiary/aromatic N) is 3. The molecule has 0 atom stereocenters. The minimum absolute atomic E-state index is 0.506. The molecular formula is C16H16N4. The van der Waals surface area contributed by atoms with E-state index in [1.54, 1.807) is 6.07 Å². The second kappa shape index (κ2) is 5.30. The van der Waals surface area contributed by atoms with E-state index in [2.05, 4.69) is 28.3 Å². The standard InChI is InChI=1S/C16H16N4/c1-2-18-15-9-14(19-16(20-15)12-6-7-12)13-5-3-4-11(8-13)10-17/h3-5,8-9,12H,2,6-7H2,1H3,(H,18,19,20). The predicted molar refractivity (Wildman–Crippen MR) is 78.3 cm³/mol. The van der Waals surface area contributed by atoms with E-state index in [-0.39, 0.29) is 0 Å². The van der Waals surface area contributed by atoms with Crippen LogP contribution in [0.15, 0.2) is 30.3 Å². The van der Waals surface area contributed by atoms with Crippen LogP contribution in [0.4, 0.5) is 5.82 Å². The number of aromatic nitrogens is 2. The molecular weight excluding hydrogens is 248 g/mol. The van der Waals surface area contributed by atoms with Gasteiger partial charge in [0.25, 0.3) is 0 Å². The smallest absolute Gasteiger partial charge is 0.134 e. The fourth-order valence-corrected chi connectivity index (χ4v) is 2.16. The molecule has 2 aromatic rings. The summed E-state index contributed by atoms with van der Waals surface area (Å²) in [5.41, 5.74) is 2.50. The summed E-state index contributed by atoms with van der Waals surface area (Å²) >= 11 is 0. The van der Waals surface area contributed by atoms with Gasteiger partial charge in [-0.3, -0.25) is 0 Å². The number of rotatable bonds is 4. The zero-order valence-electron chi connectivity index (χ0n) is 11.4. The van der Waals surface area contributed by atoms with Crippen LogP contribution in [-0.4, -0.2) is 16.5 Å². The Labute approximate surface area is 118 Å². The summed E-state index contributed by atoms with van der Waals surface area (Å²) in [5, 5.41) is 12.3. The molecule has 20 heavy (non-hydrogen) atoms. The third kappa shape index (κ3) is 2.62. The number of benzene rings is 1. The van der Waals surface area contributed by atoms with Crippen molar-refractivity contribution in [2.24, 2.45) is 0 Å². The summed E-state index contributed by atoms with van der Waals surface area (Å²) < 4.78 is 0. The Morgan fingerprint density at radius 1 is 1.30 bits per heavy atom. The van der Waals surface area contributed by atoms with Gasteiger partial charge in [-0.05, 0) is 31.9 Å². The van der Waals surface area contributed by atoms with E-state index in [1.165, 1.54) is 12.8 Å². The maximum atomic E-state index is 9.01. The summed E-state index contributed by atoms with van der Waals surface area (Å²) in [6, 6.07) is 11.7. The zero-order chi connectivity index (χ0) is 13.9. The maximum Gasteiger partial charge on any atom is 0.134 e. The summed E-state index contributed by atoms with van der Waals surface area (Å²) in [6.07, 6.45) is 2.35. The Morgan fingerprint density at radius 2 is 2.15 bits per heavy atom. The summed E-state index contributed by atoms with van der Waals surface area (Å²) in [6.45, 7) is 2.88. The molecule has 4 nitrogen and oxygen atoms in total. The van der Waals surface area contributed by atoms with E-state index < -0.39 is 0 Å². The van der Waals surface area contributed by atoms with Crippen LogP contribution < -0.4 is 5.32 Å². The van der Waals surface area contributed by atoms with Crippen molar-refractivity contribution < 1.29 is 0 Å². The first-order valence-corrected chi connectivity index (χ1v) is 6.93. The number of nitrogens with one attached hydrogen (secondary N) is 1. The minimum Gasteiger partial charge on any atom is -0.370 e. The fraction of sp³-hybridized carbons (Fsp3) is 0.312. The van der Waals surface area contributed by atoms with E-state index in [0.717, 1.165) is 29.4 Å². The van der Waals surface area contributed by atoms with Crippen molar-refractivity contribution >= 4 is 5.82 Å². The van der Waals surface area contributed by atoms with Crippen LogP contribution in [-0.2, 0) is 0 Å². The molecule has 0 aliphatic heterocycles. The van der Waals surface area contributed by atoms with Gasteiger partial charge in [0.2, 0.25) is 0 Å². The topological polar surface area (TPSA) is 61.6 Å². The Balaban J connectivity index is 2.04. The predicted octanol–water partition coefficient (Wildman–Crippen LogP) is 3.32. The normalized spacial score (nSPS) is 13.8. The lowest BCUT2D eigenvalue weighted by Crippen LogP contribution is -2.04. The van der Waals surface area contributed by atoms with Gasteiger partial charge in [0.05, 0.1) is 17.3 Å². The number of anilines is 1. The van der Waals surface area contributed by atoms with Crippen molar-refractivity contribution in [1.82, 2.24) is 9.97 Å². The highest BCUT2D eigenvalue weighted by atomic mass is 15.0. The largest absolute Gasteiger partial charge is 0.370 e. The lowest BCUT2D eigenvalue weighted by molar-refractivity contribution is 0.927. The quantitative estimate of drug-likeness (QED) is 0.920. The maximum absolute atomic E-state index is 9.01. The lowest BCUT2D eigenvalue weighted by atomic mass is 10.1. The fourth-order valence-electron chi connectivity index (χ4n) is 2.16. The summed E-state index contributed by atoms with van der Waals surface area (Å²) in [4.78, 5) is 9.23.